The first-order valence-electron chi connectivity index (χ1n) is 13.2. The normalized spacial score (nSPS) is 17.7. The van der Waals surface area contributed by atoms with Gasteiger partial charge in [-0.15, -0.1) is 0 Å². The van der Waals surface area contributed by atoms with Crippen molar-refractivity contribution in [2.45, 2.75) is 44.8 Å². The van der Waals surface area contributed by atoms with Gasteiger partial charge < -0.3 is 24.3 Å². The van der Waals surface area contributed by atoms with Crippen LogP contribution in [0.4, 0.5) is 4.79 Å². The van der Waals surface area contributed by atoms with E-state index in [1.165, 1.54) is 22.3 Å². The van der Waals surface area contributed by atoms with Gasteiger partial charge in [-0.05, 0) is 67.6 Å². The molecular weight excluding hydrogens is 491 g/mol. The van der Waals surface area contributed by atoms with Crippen molar-refractivity contribution in [3.63, 3.8) is 0 Å². The van der Waals surface area contributed by atoms with Crippen molar-refractivity contribution in [2.24, 2.45) is 0 Å². The zero-order valence-electron chi connectivity index (χ0n) is 22.5. The standard InChI is InChI=1S/C30H31BN4O4/c1-29(2)30(3,4)39-31(38-29)19(15-20-17-33-27-26(35-20)13-14-32-27)16-34-28(36)37-18-25-23-11-7-5-9-21(23)22-10-6-8-12-24(22)25/h5-15,17,25H,16,18H2,1-4H3,(H,32,33)(H,34,36). The molecule has 2 aliphatic rings. The molecule has 1 fully saturated rings. The fourth-order valence-corrected chi connectivity index (χ4v) is 5.12. The topological polar surface area (TPSA) is 98.4 Å². The van der Waals surface area contributed by atoms with Crippen LogP contribution in [-0.2, 0) is 14.0 Å². The van der Waals surface area contributed by atoms with Gasteiger partial charge in [0.05, 0.1) is 23.1 Å². The van der Waals surface area contributed by atoms with E-state index in [9.17, 15) is 4.79 Å². The van der Waals surface area contributed by atoms with Gasteiger partial charge in [0.2, 0.25) is 0 Å². The SMILES string of the molecule is CC1(C)OB(C(=Cc2cnc3[nH]ccc3n2)CNC(=O)OCC2c3ccccc3-c3ccccc32)OC1(C)C. The summed E-state index contributed by atoms with van der Waals surface area (Å²) < 4.78 is 18.3. The Morgan fingerprint density at radius 3 is 2.33 bits per heavy atom. The summed E-state index contributed by atoms with van der Waals surface area (Å²) in [6.07, 6.45) is 4.82. The number of carbonyl (C=O) groups is 1. The number of aromatic amines is 1. The van der Waals surface area contributed by atoms with Crippen molar-refractivity contribution in [1.82, 2.24) is 20.3 Å². The van der Waals surface area contributed by atoms with Gasteiger partial charge in [-0.3, -0.25) is 0 Å². The van der Waals surface area contributed by atoms with Crippen LogP contribution in [0.1, 0.15) is 50.4 Å². The number of carbonyl (C=O) groups excluding carboxylic acids is 1. The number of alkyl carbamates (subject to hydrolysis) is 1. The molecule has 0 unspecified atom stereocenters. The van der Waals surface area contributed by atoms with Gasteiger partial charge >= 0.3 is 13.2 Å². The fraction of sp³-hybridized carbons (Fsp3) is 0.300. The lowest BCUT2D eigenvalue weighted by Crippen LogP contribution is -2.41. The van der Waals surface area contributed by atoms with Crippen LogP contribution in [-0.4, -0.2) is 52.5 Å². The number of nitrogens with zero attached hydrogens (tertiary/aromatic N) is 2. The van der Waals surface area contributed by atoms with Gasteiger partial charge in [0.25, 0.3) is 0 Å². The zero-order chi connectivity index (χ0) is 27.2. The minimum atomic E-state index is -0.660. The van der Waals surface area contributed by atoms with E-state index in [4.69, 9.17) is 14.0 Å². The van der Waals surface area contributed by atoms with E-state index in [0.29, 0.717) is 16.8 Å². The molecule has 9 heteroatoms. The highest BCUT2D eigenvalue weighted by Gasteiger charge is 2.52. The maximum Gasteiger partial charge on any atom is 0.492 e. The van der Waals surface area contributed by atoms with Gasteiger partial charge in [-0.1, -0.05) is 48.5 Å². The molecule has 0 radical (unpaired) electrons. The number of rotatable bonds is 6. The average molecular weight is 522 g/mol. The predicted octanol–water partition coefficient (Wildman–Crippen LogP) is 5.51. The number of fused-ring (bicyclic) bond motifs is 4. The number of hydrogen-bond donors (Lipinski definition) is 2. The largest absolute Gasteiger partial charge is 0.492 e. The molecule has 39 heavy (non-hydrogen) atoms. The number of benzene rings is 2. The molecule has 0 saturated carbocycles. The zero-order valence-corrected chi connectivity index (χ0v) is 22.5. The van der Waals surface area contributed by atoms with Crippen LogP contribution >= 0.6 is 0 Å². The van der Waals surface area contributed by atoms with E-state index < -0.39 is 24.4 Å². The van der Waals surface area contributed by atoms with Crippen LogP contribution in [0.25, 0.3) is 28.4 Å². The molecule has 4 aromatic rings. The fourth-order valence-electron chi connectivity index (χ4n) is 5.12. The second-order valence-corrected chi connectivity index (χ2v) is 11.0. The van der Waals surface area contributed by atoms with E-state index in [-0.39, 0.29) is 19.1 Å². The third-order valence-electron chi connectivity index (χ3n) is 7.95. The molecule has 1 aliphatic carbocycles. The molecule has 1 saturated heterocycles. The Morgan fingerprint density at radius 2 is 1.67 bits per heavy atom. The Labute approximate surface area is 227 Å². The smallest absolute Gasteiger partial charge is 0.449 e. The summed E-state index contributed by atoms with van der Waals surface area (Å²) in [6, 6.07) is 18.4. The molecule has 3 heterocycles. The number of nitrogens with one attached hydrogen (secondary N) is 2. The van der Waals surface area contributed by atoms with E-state index >= 15 is 0 Å². The lowest BCUT2D eigenvalue weighted by atomic mass is 9.77. The molecule has 8 nitrogen and oxygen atoms in total. The number of aromatic nitrogens is 3. The Morgan fingerprint density at radius 1 is 1.03 bits per heavy atom. The quantitative estimate of drug-likeness (QED) is 0.324. The molecule has 6 rings (SSSR count). The first-order chi connectivity index (χ1) is 18.7. The first kappa shape index (κ1) is 25.3. The minimum Gasteiger partial charge on any atom is -0.449 e. The number of amides is 1. The van der Waals surface area contributed by atoms with Crippen molar-refractivity contribution < 1.29 is 18.8 Å². The summed E-state index contributed by atoms with van der Waals surface area (Å²) in [6.45, 7) is 8.39. The Hall–Kier alpha value is -3.95. The Kier molecular flexibility index (Phi) is 6.28. The summed E-state index contributed by atoms with van der Waals surface area (Å²) in [5, 5.41) is 2.89. The van der Waals surface area contributed by atoms with Crippen LogP contribution in [0.2, 0.25) is 0 Å². The maximum absolute atomic E-state index is 12.9. The molecule has 1 amide bonds. The van der Waals surface area contributed by atoms with Crippen molar-refractivity contribution in [1.29, 1.82) is 0 Å². The molecule has 1 aliphatic heterocycles. The highest BCUT2D eigenvalue weighted by molar-refractivity contribution is 6.56. The van der Waals surface area contributed by atoms with Crippen LogP contribution in [0.3, 0.4) is 0 Å². The molecule has 0 spiro atoms. The van der Waals surface area contributed by atoms with Gasteiger partial charge in [-0.25, -0.2) is 14.8 Å². The van der Waals surface area contributed by atoms with Crippen molar-refractivity contribution >= 4 is 30.5 Å². The molecule has 198 valence electrons. The second-order valence-electron chi connectivity index (χ2n) is 11.0. The maximum atomic E-state index is 12.9. The Bertz CT molecular complexity index is 1520. The molecule has 2 N–H and O–H groups in total. The average Bonchev–Trinajstić information content (AvgIpc) is 3.57. The third kappa shape index (κ3) is 4.73. The number of hydrogen-bond acceptors (Lipinski definition) is 6. The molecule has 2 aromatic carbocycles. The van der Waals surface area contributed by atoms with Gasteiger partial charge in [0, 0.05) is 18.7 Å². The monoisotopic (exact) mass is 522 g/mol. The van der Waals surface area contributed by atoms with Crippen LogP contribution in [0.15, 0.2) is 72.5 Å². The van der Waals surface area contributed by atoms with Gasteiger partial charge in [0.1, 0.15) is 12.1 Å². The summed E-state index contributed by atoms with van der Waals surface area (Å²) in [7, 11) is -0.660. The van der Waals surface area contributed by atoms with Crippen LogP contribution < -0.4 is 5.32 Å². The number of H-pyrrole nitrogens is 1. The molecule has 2 aromatic heterocycles. The van der Waals surface area contributed by atoms with Crippen molar-refractivity contribution in [3.05, 3.63) is 89.3 Å². The van der Waals surface area contributed by atoms with Crippen molar-refractivity contribution in [2.75, 3.05) is 13.2 Å². The van der Waals surface area contributed by atoms with Crippen molar-refractivity contribution in [3.8, 4) is 11.1 Å². The van der Waals surface area contributed by atoms with Gasteiger partial charge in [-0.2, -0.15) is 0 Å². The summed E-state index contributed by atoms with van der Waals surface area (Å²) >= 11 is 0. The van der Waals surface area contributed by atoms with E-state index in [1.54, 1.807) is 12.4 Å². The second kappa shape index (κ2) is 9.66. The number of ether oxygens (including phenoxy) is 1. The van der Waals surface area contributed by atoms with E-state index in [0.717, 1.165) is 5.52 Å². The highest BCUT2D eigenvalue weighted by Crippen LogP contribution is 2.44. The molecule has 0 bridgehead atoms. The summed E-state index contributed by atoms with van der Waals surface area (Å²) in [5.74, 6) is -0.00962. The van der Waals surface area contributed by atoms with Gasteiger partial charge in [0.15, 0.2) is 5.65 Å². The summed E-state index contributed by atoms with van der Waals surface area (Å²) in [5.41, 5.74) is 6.47. The van der Waals surface area contributed by atoms with Crippen LogP contribution in [0, 0.1) is 0 Å². The van der Waals surface area contributed by atoms with Crippen LogP contribution in [0.5, 0.6) is 0 Å². The predicted molar refractivity (Wildman–Crippen MR) is 151 cm³/mol. The lowest BCUT2D eigenvalue weighted by Gasteiger charge is -2.32. The minimum absolute atomic E-state index is 0.00962. The van der Waals surface area contributed by atoms with E-state index in [2.05, 4.69) is 44.5 Å². The first-order valence-corrected chi connectivity index (χ1v) is 13.2. The lowest BCUT2D eigenvalue weighted by molar-refractivity contribution is 0.00578. The molecular formula is C30H31BN4O4. The Balaban J connectivity index is 1.18. The molecule has 0 atom stereocenters. The third-order valence-corrected chi connectivity index (χ3v) is 7.95. The summed E-state index contributed by atoms with van der Waals surface area (Å²) in [4.78, 5) is 25.0. The highest BCUT2D eigenvalue weighted by atomic mass is 16.7. The van der Waals surface area contributed by atoms with E-state index in [1.807, 2.05) is 64.1 Å².